The summed E-state index contributed by atoms with van der Waals surface area (Å²) < 4.78 is 0. The molecule has 0 bridgehead atoms. The Labute approximate surface area is 106 Å². The van der Waals surface area contributed by atoms with Crippen molar-refractivity contribution in [3.8, 4) is 0 Å². The Balaban J connectivity index is 1.75. The van der Waals surface area contributed by atoms with E-state index >= 15 is 0 Å². The molecule has 0 amide bonds. The van der Waals surface area contributed by atoms with Crippen molar-refractivity contribution in [1.82, 2.24) is 5.48 Å². The molecule has 0 atom stereocenters. The van der Waals surface area contributed by atoms with Crippen molar-refractivity contribution >= 4 is 0 Å². The Hall–Kier alpha value is -0.120. The van der Waals surface area contributed by atoms with Crippen LogP contribution < -0.4 is 11.2 Å². The number of hydrogen-bond donors (Lipinski definition) is 2. The van der Waals surface area contributed by atoms with Gasteiger partial charge in [0.1, 0.15) is 0 Å². The molecule has 0 heterocycles. The second-order valence-electron chi connectivity index (χ2n) is 5.27. The molecule has 1 saturated carbocycles. The van der Waals surface area contributed by atoms with Crippen LogP contribution in [0.4, 0.5) is 0 Å². The van der Waals surface area contributed by atoms with Crippen LogP contribution in [0.1, 0.15) is 64.2 Å². The summed E-state index contributed by atoms with van der Waals surface area (Å²) in [6.07, 6.45) is 13.2. The van der Waals surface area contributed by atoms with Crippen molar-refractivity contribution in [3.05, 3.63) is 0 Å². The van der Waals surface area contributed by atoms with Gasteiger partial charge in [0.2, 0.25) is 0 Å². The van der Waals surface area contributed by atoms with Crippen LogP contribution in [0.5, 0.6) is 0 Å². The van der Waals surface area contributed by atoms with Gasteiger partial charge >= 0.3 is 0 Å². The van der Waals surface area contributed by atoms with Gasteiger partial charge in [-0.1, -0.05) is 38.5 Å². The standard InChI is InChI=1S/C14H30N2O/c15-11-7-2-1-3-8-12-16-17-13-14-9-5-4-6-10-14/h14,16H,1-13,15H2. The predicted octanol–water partition coefficient (Wildman–Crippen LogP) is 3.00. The minimum atomic E-state index is 0.806. The fourth-order valence-electron chi connectivity index (χ4n) is 2.47. The van der Waals surface area contributed by atoms with Gasteiger partial charge in [0.05, 0.1) is 6.61 Å². The Kier molecular flexibility index (Phi) is 9.66. The summed E-state index contributed by atoms with van der Waals surface area (Å²) in [6.45, 7) is 2.74. The first-order valence-electron chi connectivity index (χ1n) is 7.48. The van der Waals surface area contributed by atoms with E-state index in [9.17, 15) is 0 Å². The highest BCUT2D eigenvalue weighted by molar-refractivity contribution is 4.64. The number of hydroxylamine groups is 1. The predicted molar refractivity (Wildman–Crippen MR) is 72.7 cm³/mol. The molecule has 0 unspecified atom stereocenters. The lowest BCUT2D eigenvalue weighted by molar-refractivity contribution is 0.00861. The topological polar surface area (TPSA) is 47.3 Å². The second-order valence-corrected chi connectivity index (χ2v) is 5.27. The van der Waals surface area contributed by atoms with Gasteiger partial charge in [-0.3, -0.25) is 0 Å². The van der Waals surface area contributed by atoms with E-state index in [1.165, 1.54) is 64.2 Å². The molecular formula is C14H30N2O. The average molecular weight is 242 g/mol. The monoisotopic (exact) mass is 242 g/mol. The molecule has 0 aromatic rings. The van der Waals surface area contributed by atoms with Crippen molar-refractivity contribution < 1.29 is 4.84 Å². The molecular weight excluding hydrogens is 212 g/mol. The van der Waals surface area contributed by atoms with Gasteiger partial charge in [-0.05, 0) is 38.1 Å². The van der Waals surface area contributed by atoms with Crippen LogP contribution in [0.3, 0.4) is 0 Å². The molecule has 0 aromatic heterocycles. The molecule has 0 radical (unpaired) electrons. The van der Waals surface area contributed by atoms with Gasteiger partial charge in [0.25, 0.3) is 0 Å². The van der Waals surface area contributed by atoms with Gasteiger partial charge in [0.15, 0.2) is 0 Å². The van der Waals surface area contributed by atoms with Gasteiger partial charge in [0, 0.05) is 6.54 Å². The van der Waals surface area contributed by atoms with E-state index in [4.69, 9.17) is 10.6 Å². The summed E-state index contributed by atoms with van der Waals surface area (Å²) in [5.74, 6) is 0.806. The van der Waals surface area contributed by atoms with E-state index in [1.54, 1.807) is 0 Å². The Morgan fingerprint density at radius 3 is 2.41 bits per heavy atom. The van der Waals surface area contributed by atoms with Crippen LogP contribution >= 0.6 is 0 Å². The van der Waals surface area contributed by atoms with Crippen LogP contribution in [0, 0.1) is 5.92 Å². The molecule has 17 heavy (non-hydrogen) atoms. The van der Waals surface area contributed by atoms with Crippen molar-refractivity contribution in [1.29, 1.82) is 0 Å². The maximum absolute atomic E-state index is 5.53. The highest BCUT2D eigenvalue weighted by atomic mass is 16.6. The lowest BCUT2D eigenvalue weighted by Crippen LogP contribution is -2.22. The first kappa shape index (κ1) is 14.9. The van der Waals surface area contributed by atoms with E-state index in [1.807, 2.05) is 0 Å². The van der Waals surface area contributed by atoms with E-state index < -0.39 is 0 Å². The van der Waals surface area contributed by atoms with Gasteiger partial charge < -0.3 is 10.6 Å². The zero-order valence-corrected chi connectivity index (χ0v) is 11.3. The van der Waals surface area contributed by atoms with Crippen LogP contribution in [-0.2, 0) is 4.84 Å². The largest absolute Gasteiger partial charge is 0.330 e. The number of nitrogens with two attached hydrogens (primary N) is 1. The first-order valence-corrected chi connectivity index (χ1v) is 7.48. The molecule has 102 valence electrons. The molecule has 1 aliphatic carbocycles. The van der Waals surface area contributed by atoms with Crippen molar-refractivity contribution in [2.24, 2.45) is 11.7 Å². The fourth-order valence-corrected chi connectivity index (χ4v) is 2.47. The van der Waals surface area contributed by atoms with E-state index in [0.29, 0.717) is 0 Å². The van der Waals surface area contributed by atoms with Crippen molar-refractivity contribution in [2.75, 3.05) is 19.7 Å². The summed E-state index contributed by atoms with van der Waals surface area (Å²) >= 11 is 0. The van der Waals surface area contributed by atoms with Crippen molar-refractivity contribution in [3.63, 3.8) is 0 Å². The zero-order chi connectivity index (χ0) is 12.2. The normalized spacial score (nSPS) is 17.5. The second kappa shape index (κ2) is 11.0. The molecule has 3 heteroatoms. The molecule has 0 aromatic carbocycles. The minimum absolute atomic E-state index is 0.806. The molecule has 0 aliphatic heterocycles. The zero-order valence-electron chi connectivity index (χ0n) is 11.3. The van der Waals surface area contributed by atoms with Gasteiger partial charge in [-0.25, -0.2) is 5.48 Å². The number of nitrogens with one attached hydrogen (secondary N) is 1. The SMILES string of the molecule is NCCCCCCCNOCC1CCCCC1. The quantitative estimate of drug-likeness (QED) is 0.457. The summed E-state index contributed by atoms with van der Waals surface area (Å²) in [5.41, 5.74) is 8.55. The summed E-state index contributed by atoms with van der Waals surface area (Å²) in [4.78, 5) is 5.53. The highest BCUT2D eigenvalue weighted by Crippen LogP contribution is 2.23. The summed E-state index contributed by atoms with van der Waals surface area (Å²) in [5, 5.41) is 0. The number of hydrogen-bond acceptors (Lipinski definition) is 3. The molecule has 3 N–H and O–H groups in total. The molecule has 1 fully saturated rings. The molecule has 3 nitrogen and oxygen atoms in total. The number of unbranched alkanes of at least 4 members (excludes halogenated alkanes) is 4. The third-order valence-electron chi connectivity index (χ3n) is 3.63. The Morgan fingerprint density at radius 1 is 0.941 bits per heavy atom. The minimum Gasteiger partial charge on any atom is -0.330 e. The summed E-state index contributed by atoms with van der Waals surface area (Å²) in [7, 11) is 0. The third-order valence-corrected chi connectivity index (χ3v) is 3.63. The van der Waals surface area contributed by atoms with Crippen LogP contribution in [0.25, 0.3) is 0 Å². The van der Waals surface area contributed by atoms with E-state index in [-0.39, 0.29) is 0 Å². The molecule has 1 aliphatic rings. The Bertz CT molecular complexity index is 158. The molecule has 1 rings (SSSR count). The van der Waals surface area contributed by atoms with Crippen LogP contribution in [-0.4, -0.2) is 19.7 Å². The van der Waals surface area contributed by atoms with Gasteiger partial charge in [-0.15, -0.1) is 0 Å². The number of rotatable bonds is 10. The van der Waals surface area contributed by atoms with E-state index in [0.717, 1.165) is 25.6 Å². The lowest BCUT2D eigenvalue weighted by Gasteiger charge is -2.21. The Morgan fingerprint density at radius 2 is 1.65 bits per heavy atom. The molecule has 0 spiro atoms. The van der Waals surface area contributed by atoms with E-state index in [2.05, 4.69) is 5.48 Å². The fraction of sp³-hybridized carbons (Fsp3) is 1.00. The lowest BCUT2D eigenvalue weighted by atomic mass is 9.90. The third kappa shape index (κ3) is 8.58. The van der Waals surface area contributed by atoms with Crippen LogP contribution in [0.2, 0.25) is 0 Å². The average Bonchev–Trinajstić information content (AvgIpc) is 2.38. The van der Waals surface area contributed by atoms with Crippen LogP contribution in [0.15, 0.2) is 0 Å². The summed E-state index contributed by atoms with van der Waals surface area (Å²) in [6, 6.07) is 0. The smallest absolute Gasteiger partial charge is 0.0710 e. The van der Waals surface area contributed by atoms with Crippen molar-refractivity contribution in [2.45, 2.75) is 64.2 Å². The van der Waals surface area contributed by atoms with Gasteiger partial charge in [-0.2, -0.15) is 0 Å². The maximum atomic E-state index is 5.53. The first-order chi connectivity index (χ1) is 8.43. The molecule has 0 saturated heterocycles. The maximum Gasteiger partial charge on any atom is 0.0710 e. The highest BCUT2D eigenvalue weighted by Gasteiger charge is 2.12.